The van der Waals surface area contributed by atoms with E-state index in [0.29, 0.717) is 16.3 Å². The smallest absolute Gasteiger partial charge is 0.383 e. The first-order valence-electron chi connectivity index (χ1n) is 21.4. The molecule has 64 heavy (non-hydrogen) atoms. The van der Waals surface area contributed by atoms with Crippen molar-refractivity contribution in [2.75, 3.05) is 81.4 Å². The third-order valence-corrected chi connectivity index (χ3v) is 14.8. The van der Waals surface area contributed by atoms with Crippen LogP contribution < -0.4 is 14.9 Å². The fourth-order valence-electron chi connectivity index (χ4n) is 7.49. The van der Waals surface area contributed by atoms with Crippen molar-refractivity contribution in [3.8, 4) is 11.1 Å². The molecule has 0 aromatic heterocycles. The number of hydrogen-bond acceptors (Lipinski definition) is 10. The van der Waals surface area contributed by atoms with Gasteiger partial charge in [-0.15, -0.1) is 11.8 Å². The van der Waals surface area contributed by atoms with Gasteiger partial charge in [0.2, 0.25) is 0 Å². The van der Waals surface area contributed by atoms with E-state index in [0.717, 1.165) is 72.9 Å². The van der Waals surface area contributed by atoms with Crippen LogP contribution in [-0.4, -0.2) is 112 Å². The molecule has 0 unspecified atom stereocenters. The van der Waals surface area contributed by atoms with Gasteiger partial charge >= 0.3 is 5.51 Å². The highest BCUT2D eigenvalue weighted by Gasteiger charge is 2.48. The molecule has 0 bridgehead atoms. The predicted molar refractivity (Wildman–Crippen MR) is 258 cm³/mol. The monoisotopic (exact) mass is 952 g/mol. The summed E-state index contributed by atoms with van der Waals surface area (Å²) in [6.07, 6.45) is 0. The highest BCUT2D eigenvalue weighted by Crippen LogP contribution is 2.37. The molecule has 5 aromatic carbocycles. The topological polar surface area (TPSA) is 88.2 Å². The SMILES string of the molecule is CCN1CCN(C(C)C)CC1.O=C(NSc1ccc(NCCSc2ccccc2)c(S(=O)(=O)C(F)(F)F)c1)c1ccc(N2CCN(Cc3ccccc3-c3ccc(Cl)cc3)CC2)cc1. The van der Waals surface area contributed by atoms with Gasteiger partial charge in [-0.05, 0) is 116 Å². The fraction of sp³-hybridized carbons (Fsp3) is 0.354. The number of piperazine rings is 2. The van der Waals surface area contributed by atoms with Crippen LogP contribution in [0.5, 0.6) is 0 Å². The number of thioether (sulfide) groups is 1. The second-order valence-corrected chi connectivity index (χ2v) is 20.2. The van der Waals surface area contributed by atoms with Crippen molar-refractivity contribution in [1.82, 2.24) is 19.4 Å². The van der Waals surface area contributed by atoms with E-state index in [9.17, 15) is 26.4 Å². The van der Waals surface area contributed by atoms with Gasteiger partial charge in [0.25, 0.3) is 15.7 Å². The lowest BCUT2D eigenvalue weighted by atomic mass is 9.99. The Kier molecular flexibility index (Phi) is 17.9. The van der Waals surface area contributed by atoms with Crippen molar-refractivity contribution in [3.05, 3.63) is 137 Å². The summed E-state index contributed by atoms with van der Waals surface area (Å²) in [6.45, 7) is 17.4. The molecule has 5 aromatic rings. The van der Waals surface area contributed by atoms with Gasteiger partial charge in [0.05, 0.1) is 5.69 Å². The highest BCUT2D eigenvalue weighted by atomic mass is 35.5. The van der Waals surface area contributed by atoms with Crippen molar-refractivity contribution in [3.63, 3.8) is 0 Å². The minimum atomic E-state index is -5.67. The van der Waals surface area contributed by atoms with E-state index >= 15 is 0 Å². The maximum absolute atomic E-state index is 13.6. The second-order valence-electron chi connectivity index (χ2n) is 15.8. The zero-order valence-electron chi connectivity index (χ0n) is 36.4. The lowest BCUT2D eigenvalue weighted by molar-refractivity contribution is -0.0435. The third kappa shape index (κ3) is 13.7. The Morgan fingerprint density at radius 2 is 1.41 bits per heavy atom. The first-order chi connectivity index (χ1) is 30.7. The van der Waals surface area contributed by atoms with Crippen LogP contribution in [-0.2, 0) is 16.4 Å². The van der Waals surface area contributed by atoms with Crippen molar-refractivity contribution >= 4 is 62.4 Å². The van der Waals surface area contributed by atoms with Crippen LogP contribution in [0.4, 0.5) is 24.5 Å². The number of likely N-dealkylation sites (N-methyl/N-ethyl adjacent to an activating group) is 1. The molecule has 0 radical (unpaired) electrons. The lowest BCUT2D eigenvalue weighted by Crippen LogP contribution is -2.48. The van der Waals surface area contributed by atoms with Crippen LogP contribution in [0.15, 0.2) is 136 Å². The average Bonchev–Trinajstić information content (AvgIpc) is 3.31. The van der Waals surface area contributed by atoms with Crippen LogP contribution in [0.3, 0.4) is 0 Å². The van der Waals surface area contributed by atoms with E-state index in [1.807, 2.05) is 72.8 Å². The van der Waals surface area contributed by atoms with E-state index < -0.39 is 26.1 Å². The molecule has 0 saturated carbocycles. The molecule has 2 N–H and O–H groups in total. The third-order valence-electron chi connectivity index (χ3n) is 11.3. The zero-order chi connectivity index (χ0) is 45.7. The number of carbonyl (C=O) groups excluding carboxylic acids is 1. The van der Waals surface area contributed by atoms with Crippen LogP contribution in [0.1, 0.15) is 36.7 Å². The van der Waals surface area contributed by atoms with Gasteiger partial charge in [0.1, 0.15) is 4.90 Å². The van der Waals surface area contributed by atoms with Crippen molar-refractivity contribution in [2.24, 2.45) is 0 Å². The van der Waals surface area contributed by atoms with E-state index in [2.05, 4.69) is 68.6 Å². The Hall–Kier alpha value is -4.22. The molecule has 2 fully saturated rings. The summed E-state index contributed by atoms with van der Waals surface area (Å²) < 4.78 is 68.5. The normalized spacial score (nSPS) is 15.4. The molecule has 2 saturated heterocycles. The number of rotatable bonds is 15. The molecule has 342 valence electrons. The summed E-state index contributed by atoms with van der Waals surface area (Å²) >= 11 is 8.33. The van der Waals surface area contributed by atoms with E-state index in [1.165, 1.54) is 67.7 Å². The quantitative estimate of drug-likeness (QED) is 0.0601. The number of nitrogens with one attached hydrogen (secondary N) is 2. The van der Waals surface area contributed by atoms with E-state index in [-0.39, 0.29) is 17.1 Å². The van der Waals surface area contributed by atoms with Gasteiger partial charge < -0.3 is 15.1 Å². The van der Waals surface area contributed by atoms with E-state index in [1.54, 1.807) is 12.1 Å². The number of benzene rings is 5. The Labute approximate surface area is 389 Å². The Morgan fingerprint density at radius 3 is 2.05 bits per heavy atom. The molecule has 0 atom stereocenters. The minimum absolute atomic E-state index is 0.135. The van der Waals surface area contributed by atoms with Gasteiger partial charge in [-0.1, -0.05) is 73.1 Å². The number of halogens is 4. The van der Waals surface area contributed by atoms with Crippen LogP contribution >= 0.6 is 35.3 Å². The summed E-state index contributed by atoms with van der Waals surface area (Å²) in [7, 11) is -5.67. The van der Waals surface area contributed by atoms with Gasteiger partial charge in [0.15, 0.2) is 0 Å². The molecule has 9 nitrogen and oxygen atoms in total. The number of carbonyl (C=O) groups is 1. The molecule has 2 heterocycles. The number of sulfone groups is 1. The largest absolute Gasteiger partial charge is 0.501 e. The zero-order valence-corrected chi connectivity index (χ0v) is 39.6. The van der Waals surface area contributed by atoms with Gasteiger partial charge in [-0.3, -0.25) is 19.3 Å². The second kappa shape index (κ2) is 23.3. The molecule has 2 aliphatic rings. The number of amides is 1. The van der Waals surface area contributed by atoms with Crippen LogP contribution in [0.2, 0.25) is 5.02 Å². The highest BCUT2D eigenvalue weighted by molar-refractivity contribution is 7.99. The van der Waals surface area contributed by atoms with Crippen LogP contribution in [0, 0.1) is 0 Å². The molecule has 0 spiro atoms. The average molecular weight is 954 g/mol. The summed E-state index contributed by atoms with van der Waals surface area (Å²) in [4.78, 5) is 23.0. The summed E-state index contributed by atoms with van der Waals surface area (Å²) in [6, 6.07) is 37.2. The number of nitrogens with zero attached hydrogens (tertiary/aromatic N) is 4. The molecule has 2 aliphatic heterocycles. The van der Waals surface area contributed by atoms with Crippen molar-refractivity contribution < 1.29 is 26.4 Å². The van der Waals surface area contributed by atoms with Gasteiger partial charge in [0, 0.05) is 103 Å². The maximum atomic E-state index is 13.6. The van der Waals surface area contributed by atoms with Gasteiger partial charge in [-0.25, -0.2) is 8.42 Å². The van der Waals surface area contributed by atoms with E-state index in [4.69, 9.17) is 11.6 Å². The molecule has 7 rings (SSSR count). The molecule has 0 aliphatic carbocycles. The molecule has 16 heteroatoms. The predicted octanol–water partition coefficient (Wildman–Crippen LogP) is 10.3. The first kappa shape index (κ1) is 49.2. The van der Waals surface area contributed by atoms with Crippen LogP contribution in [0.25, 0.3) is 11.1 Å². The number of alkyl halides is 3. The fourth-order valence-corrected chi connectivity index (χ4v) is 10.1. The molecule has 1 amide bonds. The minimum Gasteiger partial charge on any atom is -0.383 e. The summed E-state index contributed by atoms with van der Waals surface area (Å²) in [5.41, 5.74) is -0.767. The van der Waals surface area contributed by atoms with Crippen molar-refractivity contribution in [1.29, 1.82) is 0 Å². The molecular formula is C48H56ClF3N6O3S3. The summed E-state index contributed by atoms with van der Waals surface area (Å²) in [5, 5.41) is 3.53. The first-order valence-corrected chi connectivity index (χ1v) is 25.1. The molecular weight excluding hydrogens is 897 g/mol. The summed E-state index contributed by atoms with van der Waals surface area (Å²) in [5.74, 6) is 0.0314. The Balaban J connectivity index is 0.000000540. The lowest BCUT2D eigenvalue weighted by Gasteiger charge is -2.36. The van der Waals surface area contributed by atoms with Gasteiger partial charge in [-0.2, -0.15) is 13.2 Å². The Morgan fingerprint density at radius 1 is 0.766 bits per heavy atom. The number of hydrogen-bond donors (Lipinski definition) is 2. The maximum Gasteiger partial charge on any atom is 0.501 e. The Bertz CT molecular complexity index is 2360. The standard InChI is InChI=1S/C39H36ClF3N4O3S3.C9H20N2/c40-31-14-10-28(11-15-31)35-9-5-4-6-30(35)27-46-21-23-47(24-22-46)32-16-12-29(13-17-32)38(48)45-52-34-18-19-36(37(26-34)53(49,50)39(41,42)43)44-20-25-51-33-7-2-1-3-8-33;1-4-10-5-7-11(8-6-10)9(2)3/h1-19,26,44H,20-25,27H2,(H,45,48);9H,4-8H2,1-3H3. The van der Waals surface area contributed by atoms with Crippen molar-refractivity contribution in [2.45, 2.75) is 53.6 Å². The number of anilines is 2.